The molecule has 0 amide bonds. The minimum absolute atomic E-state index is 0.546. The standard InChI is InChI=1S/C15H32N2O/c1-5-11-16-14-7-9-15(10-8-14)17(6-2)13(3)12-18-4/h13-16H,5-12H2,1-4H3. The van der Waals surface area contributed by atoms with Crippen molar-refractivity contribution in [3.8, 4) is 0 Å². The van der Waals surface area contributed by atoms with Gasteiger partial charge in [-0.15, -0.1) is 0 Å². The third-order valence-electron chi connectivity index (χ3n) is 4.19. The van der Waals surface area contributed by atoms with Crippen molar-refractivity contribution in [2.75, 3.05) is 26.8 Å². The fourth-order valence-corrected chi connectivity index (χ4v) is 3.23. The van der Waals surface area contributed by atoms with Gasteiger partial charge in [0.15, 0.2) is 0 Å². The molecule has 0 saturated heterocycles. The van der Waals surface area contributed by atoms with Crippen LogP contribution in [-0.2, 0) is 4.74 Å². The van der Waals surface area contributed by atoms with Crippen LogP contribution in [0.3, 0.4) is 0 Å². The topological polar surface area (TPSA) is 24.5 Å². The van der Waals surface area contributed by atoms with Crippen LogP contribution in [0, 0.1) is 0 Å². The molecule has 0 radical (unpaired) electrons. The summed E-state index contributed by atoms with van der Waals surface area (Å²) in [6.45, 7) is 9.96. The lowest BCUT2D eigenvalue weighted by molar-refractivity contribution is 0.0555. The minimum atomic E-state index is 0.546. The summed E-state index contributed by atoms with van der Waals surface area (Å²) in [5.41, 5.74) is 0. The summed E-state index contributed by atoms with van der Waals surface area (Å²) in [5.74, 6) is 0. The predicted molar refractivity (Wildman–Crippen MR) is 78.1 cm³/mol. The van der Waals surface area contributed by atoms with Crippen molar-refractivity contribution in [2.24, 2.45) is 0 Å². The molecule has 0 aliphatic heterocycles. The maximum absolute atomic E-state index is 5.30. The molecule has 108 valence electrons. The highest BCUT2D eigenvalue weighted by Crippen LogP contribution is 2.24. The van der Waals surface area contributed by atoms with Crippen molar-refractivity contribution >= 4 is 0 Å². The SMILES string of the molecule is CCCNC1CCC(N(CC)C(C)COC)CC1. The van der Waals surface area contributed by atoms with Crippen LogP contribution >= 0.6 is 0 Å². The van der Waals surface area contributed by atoms with E-state index in [2.05, 4.69) is 31.0 Å². The van der Waals surface area contributed by atoms with Gasteiger partial charge in [-0.1, -0.05) is 13.8 Å². The van der Waals surface area contributed by atoms with E-state index in [9.17, 15) is 0 Å². The molecule has 1 saturated carbocycles. The molecule has 0 bridgehead atoms. The molecule has 0 aromatic rings. The smallest absolute Gasteiger partial charge is 0.0615 e. The lowest BCUT2D eigenvalue weighted by Gasteiger charge is -2.39. The predicted octanol–water partition coefficient (Wildman–Crippen LogP) is 2.65. The van der Waals surface area contributed by atoms with Gasteiger partial charge >= 0.3 is 0 Å². The molecule has 1 fully saturated rings. The van der Waals surface area contributed by atoms with Gasteiger partial charge in [-0.05, 0) is 52.1 Å². The van der Waals surface area contributed by atoms with Crippen molar-refractivity contribution < 1.29 is 4.74 Å². The first-order chi connectivity index (χ1) is 8.72. The first-order valence-corrected chi connectivity index (χ1v) is 7.70. The Morgan fingerprint density at radius 1 is 1.22 bits per heavy atom. The Morgan fingerprint density at radius 3 is 2.39 bits per heavy atom. The summed E-state index contributed by atoms with van der Waals surface area (Å²) in [7, 11) is 1.80. The molecular weight excluding hydrogens is 224 g/mol. The highest BCUT2D eigenvalue weighted by Gasteiger charge is 2.27. The Balaban J connectivity index is 2.35. The molecule has 1 rings (SSSR count). The van der Waals surface area contributed by atoms with E-state index >= 15 is 0 Å². The fraction of sp³-hybridized carbons (Fsp3) is 1.00. The summed E-state index contributed by atoms with van der Waals surface area (Å²) in [6, 6.07) is 2.07. The number of ether oxygens (including phenoxy) is 1. The molecule has 0 aromatic heterocycles. The quantitative estimate of drug-likeness (QED) is 0.722. The van der Waals surface area contributed by atoms with E-state index in [4.69, 9.17) is 4.74 Å². The monoisotopic (exact) mass is 256 g/mol. The Kier molecular flexibility index (Phi) is 7.87. The van der Waals surface area contributed by atoms with Gasteiger partial charge in [-0.25, -0.2) is 0 Å². The van der Waals surface area contributed by atoms with E-state index < -0.39 is 0 Å². The molecule has 3 nitrogen and oxygen atoms in total. The summed E-state index contributed by atoms with van der Waals surface area (Å²) >= 11 is 0. The van der Waals surface area contributed by atoms with Crippen molar-refractivity contribution in [2.45, 2.75) is 71.0 Å². The average Bonchev–Trinajstić information content (AvgIpc) is 2.39. The molecule has 1 aliphatic carbocycles. The van der Waals surface area contributed by atoms with Gasteiger partial charge in [0.1, 0.15) is 0 Å². The maximum atomic E-state index is 5.30. The third-order valence-corrected chi connectivity index (χ3v) is 4.19. The van der Waals surface area contributed by atoms with Crippen LogP contribution in [-0.4, -0.2) is 49.8 Å². The first-order valence-electron chi connectivity index (χ1n) is 7.70. The van der Waals surface area contributed by atoms with Gasteiger partial charge in [-0.3, -0.25) is 4.90 Å². The Labute approximate surface area is 113 Å². The molecule has 0 spiro atoms. The second kappa shape index (κ2) is 8.89. The molecule has 1 N–H and O–H groups in total. The largest absolute Gasteiger partial charge is 0.383 e. The van der Waals surface area contributed by atoms with Crippen molar-refractivity contribution in [3.05, 3.63) is 0 Å². The number of methoxy groups -OCH3 is 1. The maximum Gasteiger partial charge on any atom is 0.0615 e. The van der Waals surface area contributed by atoms with E-state index in [1.807, 2.05) is 0 Å². The Morgan fingerprint density at radius 2 is 1.89 bits per heavy atom. The van der Waals surface area contributed by atoms with Crippen LogP contribution in [0.2, 0.25) is 0 Å². The van der Waals surface area contributed by atoms with Gasteiger partial charge < -0.3 is 10.1 Å². The van der Waals surface area contributed by atoms with E-state index in [0.29, 0.717) is 6.04 Å². The van der Waals surface area contributed by atoms with Gasteiger partial charge in [0.25, 0.3) is 0 Å². The molecule has 3 heteroatoms. The molecule has 1 atom stereocenters. The average molecular weight is 256 g/mol. The molecule has 1 unspecified atom stereocenters. The van der Waals surface area contributed by atoms with Crippen LogP contribution in [0.1, 0.15) is 52.9 Å². The molecule has 0 aromatic carbocycles. The normalized spacial score (nSPS) is 26.5. The lowest BCUT2D eigenvalue weighted by Crippen LogP contribution is -2.47. The second-order valence-corrected chi connectivity index (χ2v) is 5.59. The first kappa shape index (κ1) is 15.9. The van der Waals surface area contributed by atoms with Gasteiger partial charge in [-0.2, -0.15) is 0 Å². The minimum Gasteiger partial charge on any atom is -0.383 e. The van der Waals surface area contributed by atoms with Crippen LogP contribution in [0.4, 0.5) is 0 Å². The number of nitrogens with zero attached hydrogens (tertiary/aromatic N) is 1. The number of rotatable bonds is 8. The zero-order valence-corrected chi connectivity index (χ0v) is 12.7. The van der Waals surface area contributed by atoms with E-state index in [1.165, 1.54) is 38.6 Å². The molecular formula is C15H32N2O. The highest BCUT2D eigenvalue weighted by molar-refractivity contribution is 4.84. The number of nitrogens with one attached hydrogen (secondary N) is 1. The van der Waals surface area contributed by atoms with Crippen LogP contribution < -0.4 is 5.32 Å². The van der Waals surface area contributed by atoms with Crippen LogP contribution in [0.5, 0.6) is 0 Å². The van der Waals surface area contributed by atoms with Gasteiger partial charge in [0.2, 0.25) is 0 Å². The molecule has 0 heterocycles. The highest BCUT2D eigenvalue weighted by atomic mass is 16.5. The van der Waals surface area contributed by atoms with Crippen molar-refractivity contribution in [1.82, 2.24) is 10.2 Å². The summed E-state index contributed by atoms with van der Waals surface area (Å²) in [6.07, 6.45) is 6.58. The molecule has 1 aliphatic rings. The number of likely N-dealkylation sites (N-methyl/N-ethyl adjacent to an activating group) is 1. The fourth-order valence-electron chi connectivity index (χ4n) is 3.23. The van der Waals surface area contributed by atoms with Crippen molar-refractivity contribution in [3.63, 3.8) is 0 Å². The van der Waals surface area contributed by atoms with E-state index in [-0.39, 0.29) is 0 Å². The lowest BCUT2D eigenvalue weighted by atomic mass is 9.89. The Hall–Kier alpha value is -0.120. The number of hydrogen-bond acceptors (Lipinski definition) is 3. The zero-order chi connectivity index (χ0) is 13.4. The van der Waals surface area contributed by atoms with Crippen LogP contribution in [0.15, 0.2) is 0 Å². The zero-order valence-electron chi connectivity index (χ0n) is 12.7. The Bertz CT molecular complexity index is 203. The molecule has 18 heavy (non-hydrogen) atoms. The third kappa shape index (κ3) is 4.87. The van der Waals surface area contributed by atoms with Crippen molar-refractivity contribution in [1.29, 1.82) is 0 Å². The summed E-state index contributed by atoms with van der Waals surface area (Å²) < 4.78 is 5.30. The summed E-state index contributed by atoms with van der Waals surface area (Å²) in [4.78, 5) is 2.62. The van der Waals surface area contributed by atoms with E-state index in [0.717, 1.165) is 25.2 Å². The van der Waals surface area contributed by atoms with Crippen LogP contribution in [0.25, 0.3) is 0 Å². The van der Waals surface area contributed by atoms with Gasteiger partial charge in [0.05, 0.1) is 6.61 Å². The van der Waals surface area contributed by atoms with Gasteiger partial charge in [0, 0.05) is 25.2 Å². The summed E-state index contributed by atoms with van der Waals surface area (Å²) in [5, 5.41) is 3.66. The second-order valence-electron chi connectivity index (χ2n) is 5.59. The van der Waals surface area contributed by atoms with E-state index in [1.54, 1.807) is 7.11 Å². The number of hydrogen-bond donors (Lipinski definition) is 1.